The van der Waals surface area contributed by atoms with Gasteiger partial charge in [0, 0.05) is 6.54 Å². The van der Waals surface area contributed by atoms with Crippen LogP contribution < -0.4 is 10.1 Å². The largest absolute Gasteiger partial charge is 0.485 e. The van der Waals surface area contributed by atoms with E-state index in [-0.39, 0.29) is 6.10 Å². The molecular formula is C15H21NO2. The number of nitrogens with one attached hydrogen (secondary N) is 1. The molecule has 0 amide bonds. The van der Waals surface area contributed by atoms with Gasteiger partial charge in [0.15, 0.2) is 0 Å². The highest BCUT2D eigenvalue weighted by molar-refractivity contribution is 5.63. The molecule has 98 valence electrons. The number of ether oxygens (including phenoxy) is 1. The van der Waals surface area contributed by atoms with Crippen molar-refractivity contribution in [3.05, 3.63) is 23.8 Å². The lowest BCUT2D eigenvalue weighted by Crippen LogP contribution is -2.38. The minimum absolute atomic E-state index is 0.0762. The van der Waals surface area contributed by atoms with Crippen molar-refractivity contribution in [1.82, 2.24) is 0 Å². The SMILES string of the molecule is CC1(O)CCCC1Oc1cccc2c1NCCC2. The first-order valence-electron chi connectivity index (χ1n) is 6.92. The minimum Gasteiger partial charge on any atom is -0.485 e. The average molecular weight is 247 g/mol. The molecule has 2 unspecified atom stereocenters. The standard InChI is InChI=1S/C15H21NO2/c1-15(17)9-3-8-13(15)18-12-7-2-5-11-6-4-10-16-14(11)12/h2,5,7,13,16-17H,3-4,6,8-10H2,1H3. The van der Waals surface area contributed by atoms with Crippen molar-refractivity contribution in [3.8, 4) is 5.75 Å². The third kappa shape index (κ3) is 2.07. The number of fused-ring (bicyclic) bond motifs is 1. The Hall–Kier alpha value is -1.22. The summed E-state index contributed by atoms with van der Waals surface area (Å²) in [7, 11) is 0. The van der Waals surface area contributed by atoms with Crippen LogP contribution >= 0.6 is 0 Å². The molecule has 1 fully saturated rings. The van der Waals surface area contributed by atoms with Gasteiger partial charge < -0.3 is 15.2 Å². The molecule has 18 heavy (non-hydrogen) atoms. The summed E-state index contributed by atoms with van der Waals surface area (Å²) in [5.74, 6) is 0.902. The molecule has 0 saturated heterocycles. The van der Waals surface area contributed by atoms with Crippen LogP contribution in [0.25, 0.3) is 0 Å². The average Bonchev–Trinajstić information content (AvgIpc) is 2.69. The molecule has 0 spiro atoms. The Morgan fingerprint density at radius 3 is 3.06 bits per heavy atom. The van der Waals surface area contributed by atoms with Crippen molar-refractivity contribution in [2.24, 2.45) is 0 Å². The summed E-state index contributed by atoms with van der Waals surface area (Å²) in [6.45, 7) is 2.89. The van der Waals surface area contributed by atoms with Gasteiger partial charge in [-0.3, -0.25) is 0 Å². The number of hydrogen-bond donors (Lipinski definition) is 2. The van der Waals surface area contributed by atoms with E-state index in [9.17, 15) is 5.11 Å². The molecule has 0 aromatic heterocycles. The zero-order valence-corrected chi connectivity index (χ0v) is 10.9. The van der Waals surface area contributed by atoms with Gasteiger partial charge in [0.1, 0.15) is 11.9 Å². The first kappa shape index (κ1) is 11.8. The number of para-hydroxylation sites is 1. The highest BCUT2D eigenvalue weighted by Crippen LogP contribution is 2.37. The van der Waals surface area contributed by atoms with Crippen LogP contribution in [0.15, 0.2) is 18.2 Å². The minimum atomic E-state index is -0.683. The molecule has 0 bridgehead atoms. The van der Waals surface area contributed by atoms with Crippen molar-refractivity contribution < 1.29 is 9.84 Å². The van der Waals surface area contributed by atoms with Crippen molar-refractivity contribution in [2.45, 2.75) is 50.7 Å². The van der Waals surface area contributed by atoms with E-state index < -0.39 is 5.60 Å². The maximum absolute atomic E-state index is 10.3. The Morgan fingerprint density at radius 2 is 2.28 bits per heavy atom. The van der Waals surface area contributed by atoms with Gasteiger partial charge in [-0.1, -0.05) is 12.1 Å². The lowest BCUT2D eigenvalue weighted by Gasteiger charge is -2.29. The highest BCUT2D eigenvalue weighted by atomic mass is 16.5. The number of benzene rings is 1. The van der Waals surface area contributed by atoms with Crippen molar-refractivity contribution in [3.63, 3.8) is 0 Å². The van der Waals surface area contributed by atoms with E-state index >= 15 is 0 Å². The summed E-state index contributed by atoms with van der Waals surface area (Å²) in [5, 5.41) is 13.7. The second-order valence-electron chi connectivity index (χ2n) is 5.68. The van der Waals surface area contributed by atoms with Crippen LogP contribution in [0.3, 0.4) is 0 Å². The monoisotopic (exact) mass is 247 g/mol. The van der Waals surface area contributed by atoms with Gasteiger partial charge in [-0.05, 0) is 50.7 Å². The molecule has 1 aliphatic heterocycles. The van der Waals surface area contributed by atoms with E-state index in [1.807, 2.05) is 19.1 Å². The molecule has 1 aromatic rings. The lowest BCUT2D eigenvalue weighted by atomic mass is 10.0. The van der Waals surface area contributed by atoms with Crippen LogP contribution in [0.1, 0.15) is 38.2 Å². The number of rotatable bonds is 2. The van der Waals surface area contributed by atoms with Gasteiger partial charge in [0.05, 0.1) is 11.3 Å². The molecule has 1 heterocycles. The van der Waals surface area contributed by atoms with E-state index in [0.29, 0.717) is 0 Å². The first-order valence-corrected chi connectivity index (χ1v) is 6.92. The van der Waals surface area contributed by atoms with Crippen molar-refractivity contribution >= 4 is 5.69 Å². The second kappa shape index (κ2) is 4.47. The molecule has 1 aliphatic carbocycles. The van der Waals surface area contributed by atoms with Crippen molar-refractivity contribution in [2.75, 3.05) is 11.9 Å². The summed E-state index contributed by atoms with van der Waals surface area (Å²) in [6.07, 6.45) is 5.03. The summed E-state index contributed by atoms with van der Waals surface area (Å²) in [4.78, 5) is 0. The van der Waals surface area contributed by atoms with Crippen LogP contribution in [0.4, 0.5) is 5.69 Å². The summed E-state index contributed by atoms with van der Waals surface area (Å²) < 4.78 is 6.08. The Bertz CT molecular complexity index is 442. The van der Waals surface area contributed by atoms with E-state index in [1.54, 1.807) is 0 Å². The molecule has 3 rings (SSSR count). The third-order valence-electron chi connectivity index (χ3n) is 4.15. The number of aliphatic hydroxyl groups is 1. The fraction of sp³-hybridized carbons (Fsp3) is 0.600. The van der Waals surface area contributed by atoms with Crippen LogP contribution in [0.5, 0.6) is 5.75 Å². The lowest BCUT2D eigenvalue weighted by molar-refractivity contribution is -0.0249. The van der Waals surface area contributed by atoms with Crippen LogP contribution in [0.2, 0.25) is 0 Å². The van der Waals surface area contributed by atoms with Gasteiger partial charge in [-0.15, -0.1) is 0 Å². The summed E-state index contributed by atoms with van der Waals surface area (Å²) >= 11 is 0. The number of hydrogen-bond acceptors (Lipinski definition) is 3. The quantitative estimate of drug-likeness (QED) is 0.844. The van der Waals surface area contributed by atoms with Crippen LogP contribution in [0, 0.1) is 0 Å². The molecule has 0 radical (unpaired) electrons. The van der Waals surface area contributed by atoms with E-state index in [2.05, 4.69) is 11.4 Å². The molecular weight excluding hydrogens is 226 g/mol. The Kier molecular flexibility index (Phi) is 2.94. The van der Waals surface area contributed by atoms with Crippen molar-refractivity contribution in [1.29, 1.82) is 0 Å². The van der Waals surface area contributed by atoms with Gasteiger partial charge in [-0.25, -0.2) is 0 Å². The van der Waals surface area contributed by atoms with Crippen LogP contribution in [-0.4, -0.2) is 23.4 Å². The molecule has 1 aromatic carbocycles. The molecule has 3 heteroatoms. The smallest absolute Gasteiger partial charge is 0.143 e. The fourth-order valence-corrected chi connectivity index (χ4v) is 3.03. The topological polar surface area (TPSA) is 41.5 Å². The first-order chi connectivity index (χ1) is 8.67. The number of anilines is 1. The number of aryl methyl sites for hydroxylation is 1. The maximum Gasteiger partial charge on any atom is 0.143 e. The van der Waals surface area contributed by atoms with E-state index in [0.717, 1.165) is 43.7 Å². The predicted octanol–water partition coefficient (Wildman–Crippen LogP) is 2.73. The molecule has 2 N–H and O–H groups in total. The normalized spacial score (nSPS) is 30.7. The summed E-state index contributed by atoms with van der Waals surface area (Å²) in [6, 6.07) is 6.21. The Labute approximate surface area is 108 Å². The van der Waals surface area contributed by atoms with Gasteiger partial charge in [-0.2, -0.15) is 0 Å². The van der Waals surface area contributed by atoms with Gasteiger partial charge >= 0.3 is 0 Å². The van der Waals surface area contributed by atoms with Crippen LogP contribution in [-0.2, 0) is 6.42 Å². The van der Waals surface area contributed by atoms with Gasteiger partial charge in [0.25, 0.3) is 0 Å². The highest BCUT2D eigenvalue weighted by Gasteiger charge is 2.39. The molecule has 2 atom stereocenters. The van der Waals surface area contributed by atoms with E-state index in [1.165, 1.54) is 12.0 Å². The predicted molar refractivity (Wildman–Crippen MR) is 72.1 cm³/mol. The third-order valence-corrected chi connectivity index (χ3v) is 4.15. The van der Waals surface area contributed by atoms with Gasteiger partial charge in [0.2, 0.25) is 0 Å². The maximum atomic E-state index is 10.3. The fourth-order valence-electron chi connectivity index (χ4n) is 3.03. The molecule has 2 aliphatic rings. The zero-order valence-electron chi connectivity index (χ0n) is 10.9. The Balaban J connectivity index is 1.85. The molecule has 3 nitrogen and oxygen atoms in total. The van der Waals surface area contributed by atoms with E-state index in [4.69, 9.17) is 4.74 Å². The molecule has 1 saturated carbocycles. The Morgan fingerprint density at radius 1 is 1.39 bits per heavy atom. The zero-order chi connectivity index (χ0) is 12.6. The second-order valence-corrected chi connectivity index (χ2v) is 5.68. The summed E-state index contributed by atoms with van der Waals surface area (Å²) in [5.41, 5.74) is 1.78.